The van der Waals surface area contributed by atoms with Crippen LogP contribution in [0.3, 0.4) is 0 Å². The Morgan fingerprint density at radius 3 is 2.26 bits per heavy atom. The number of thiazole rings is 1. The molecule has 0 spiro atoms. The minimum Gasteiger partial charge on any atom is -0.309 e. The van der Waals surface area contributed by atoms with E-state index >= 15 is 0 Å². The van der Waals surface area contributed by atoms with Gasteiger partial charge in [-0.15, -0.1) is 0 Å². The number of fused-ring (bicyclic) bond motifs is 1. The molecule has 2 aromatic carbocycles. The van der Waals surface area contributed by atoms with Crippen LogP contribution in [0.5, 0.6) is 0 Å². The molecule has 34 heavy (non-hydrogen) atoms. The molecule has 1 amide bonds. The standard InChI is InChI=1S/C25H34N4O3S2/c1-5-7-18-28(6-2)34(31,32)21-15-13-20(14-16-21)24(30)29(19-10-17-27(3)4)25-26-22-11-8-9-12-23(22)33-25/h8-9,11-16H,5-7,10,17-19H2,1-4H3. The fraction of sp³-hybridized carbons (Fsp3) is 0.440. The highest BCUT2D eigenvalue weighted by atomic mass is 32.2. The summed E-state index contributed by atoms with van der Waals surface area (Å²) in [5.74, 6) is -0.180. The third kappa shape index (κ3) is 6.21. The second-order valence-electron chi connectivity index (χ2n) is 8.45. The van der Waals surface area contributed by atoms with Crippen molar-refractivity contribution < 1.29 is 13.2 Å². The highest BCUT2D eigenvalue weighted by Crippen LogP contribution is 2.30. The van der Waals surface area contributed by atoms with Gasteiger partial charge in [-0.1, -0.05) is 43.7 Å². The van der Waals surface area contributed by atoms with E-state index in [-0.39, 0.29) is 10.8 Å². The first kappa shape index (κ1) is 26.3. The third-order valence-corrected chi connectivity index (χ3v) is 8.65. The monoisotopic (exact) mass is 502 g/mol. The van der Waals surface area contributed by atoms with Crippen molar-refractivity contribution in [1.82, 2.24) is 14.2 Å². The smallest absolute Gasteiger partial charge is 0.260 e. The number of hydrogen-bond donors (Lipinski definition) is 0. The van der Waals surface area contributed by atoms with Gasteiger partial charge in [0.1, 0.15) is 0 Å². The average Bonchev–Trinajstić information content (AvgIpc) is 3.25. The van der Waals surface area contributed by atoms with E-state index in [1.807, 2.05) is 52.2 Å². The number of rotatable bonds is 12. The number of anilines is 1. The van der Waals surface area contributed by atoms with Crippen molar-refractivity contribution >= 4 is 42.6 Å². The molecule has 7 nitrogen and oxygen atoms in total. The first-order valence-corrected chi connectivity index (χ1v) is 14.0. The topological polar surface area (TPSA) is 73.8 Å². The predicted octanol–water partition coefficient (Wildman–Crippen LogP) is 4.71. The van der Waals surface area contributed by atoms with E-state index in [0.29, 0.717) is 30.3 Å². The zero-order valence-corrected chi connectivity index (χ0v) is 22.0. The molecule has 184 valence electrons. The lowest BCUT2D eigenvalue weighted by Crippen LogP contribution is -2.34. The molecule has 0 saturated carbocycles. The number of para-hydroxylation sites is 1. The van der Waals surface area contributed by atoms with Crippen molar-refractivity contribution in [3.8, 4) is 0 Å². The Bertz CT molecular complexity index is 1160. The van der Waals surface area contributed by atoms with Crippen LogP contribution in [0.25, 0.3) is 10.2 Å². The number of unbranched alkanes of at least 4 members (excludes halogenated alkanes) is 1. The normalized spacial score (nSPS) is 12.1. The van der Waals surface area contributed by atoms with E-state index < -0.39 is 10.0 Å². The maximum Gasteiger partial charge on any atom is 0.260 e. The number of aromatic nitrogens is 1. The van der Waals surface area contributed by atoms with E-state index in [9.17, 15) is 13.2 Å². The summed E-state index contributed by atoms with van der Waals surface area (Å²) >= 11 is 1.49. The second kappa shape index (κ2) is 11.9. The number of hydrogen-bond acceptors (Lipinski definition) is 6. The van der Waals surface area contributed by atoms with Gasteiger partial charge < -0.3 is 4.90 Å². The molecule has 0 atom stereocenters. The first-order chi connectivity index (χ1) is 16.3. The Morgan fingerprint density at radius 2 is 1.65 bits per heavy atom. The van der Waals surface area contributed by atoms with Crippen LogP contribution in [-0.4, -0.2) is 68.8 Å². The van der Waals surface area contributed by atoms with Gasteiger partial charge in [-0.3, -0.25) is 9.69 Å². The lowest BCUT2D eigenvalue weighted by atomic mass is 10.2. The van der Waals surface area contributed by atoms with Gasteiger partial charge in [-0.25, -0.2) is 13.4 Å². The lowest BCUT2D eigenvalue weighted by Gasteiger charge is -2.22. The van der Waals surface area contributed by atoms with Crippen LogP contribution in [0.1, 0.15) is 43.5 Å². The molecule has 0 aliphatic heterocycles. The first-order valence-electron chi connectivity index (χ1n) is 11.7. The van der Waals surface area contributed by atoms with Crippen LogP contribution in [0.4, 0.5) is 5.13 Å². The summed E-state index contributed by atoms with van der Waals surface area (Å²) in [7, 11) is 0.420. The van der Waals surface area contributed by atoms with Crippen LogP contribution < -0.4 is 4.90 Å². The highest BCUT2D eigenvalue weighted by Gasteiger charge is 2.25. The maximum atomic E-state index is 13.5. The van der Waals surface area contributed by atoms with Gasteiger partial charge in [0.25, 0.3) is 5.91 Å². The zero-order valence-electron chi connectivity index (χ0n) is 20.4. The van der Waals surface area contributed by atoms with E-state index in [0.717, 1.165) is 36.0 Å². The van der Waals surface area contributed by atoms with Crippen LogP contribution in [0.2, 0.25) is 0 Å². The number of nitrogens with zero attached hydrogens (tertiary/aromatic N) is 4. The Balaban J connectivity index is 1.87. The van der Waals surface area contributed by atoms with Crippen molar-refractivity contribution in [1.29, 1.82) is 0 Å². The van der Waals surface area contributed by atoms with Crippen molar-refractivity contribution in [2.75, 3.05) is 45.2 Å². The number of sulfonamides is 1. The van der Waals surface area contributed by atoms with Gasteiger partial charge in [-0.05, 0) is 69.9 Å². The van der Waals surface area contributed by atoms with Crippen molar-refractivity contribution in [3.05, 3.63) is 54.1 Å². The van der Waals surface area contributed by atoms with Gasteiger partial charge in [0.15, 0.2) is 5.13 Å². The lowest BCUT2D eigenvalue weighted by molar-refractivity contribution is 0.0986. The number of carbonyl (C=O) groups excluding carboxylic acids is 1. The molecule has 3 aromatic rings. The fourth-order valence-corrected chi connectivity index (χ4v) is 6.14. The summed E-state index contributed by atoms with van der Waals surface area (Å²) in [5, 5.41) is 0.651. The minimum atomic E-state index is -3.59. The SMILES string of the molecule is CCCCN(CC)S(=O)(=O)c1ccc(C(=O)N(CCCN(C)C)c2nc3ccccc3s2)cc1. The molecule has 1 aromatic heterocycles. The molecule has 0 saturated heterocycles. The quantitative estimate of drug-likeness (QED) is 0.359. The van der Waals surface area contributed by atoms with Crippen LogP contribution in [0, 0.1) is 0 Å². The Hall–Kier alpha value is -2.33. The summed E-state index contributed by atoms with van der Waals surface area (Å²) in [5.41, 5.74) is 1.31. The summed E-state index contributed by atoms with van der Waals surface area (Å²) in [4.78, 5) is 22.2. The predicted molar refractivity (Wildman–Crippen MR) is 140 cm³/mol. The Labute approximate surface area is 207 Å². The molecule has 0 fully saturated rings. The van der Waals surface area contributed by atoms with E-state index in [4.69, 9.17) is 0 Å². The summed E-state index contributed by atoms with van der Waals surface area (Å²) in [6.45, 7) is 6.16. The summed E-state index contributed by atoms with van der Waals surface area (Å²) in [6, 6.07) is 14.1. The zero-order chi connectivity index (χ0) is 24.7. The minimum absolute atomic E-state index is 0.180. The maximum absolute atomic E-state index is 13.5. The average molecular weight is 503 g/mol. The molecule has 9 heteroatoms. The van der Waals surface area contributed by atoms with Crippen LogP contribution >= 0.6 is 11.3 Å². The van der Waals surface area contributed by atoms with E-state index in [1.54, 1.807) is 17.0 Å². The number of benzene rings is 2. The number of amides is 1. The molecule has 0 aliphatic rings. The molecular formula is C25H34N4O3S2. The molecule has 0 N–H and O–H groups in total. The molecule has 0 radical (unpaired) electrons. The van der Waals surface area contributed by atoms with E-state index in [2.05, 4.69) is 9.88 Å². The fourth-order valence-electron chi connectivity index (χ4n) is 3.66. The highest BCUT2D eigenvalue weighted by molar-refractivity contribution is 7.89. The Kier molecular flexibility index (Phi) is 9.18. The van der Waals surface area contributed by atoms with Crippen LogP contribution in [-0.2, 0) is 10.0 Å². The molecule has 3 rings (SSSR count). The van der Waals surface area contributed by atoms with Gasteiger partial charge in [0.2, 0.25) is 10.0 Å². The van der Waals surface area contributed by atoms with Crippen molar-refractivity contribution in [2.24, 2.45) is 0 Å². The molecule has 0 bridgehead atoms. The van der Waals surface area contributed by atoms with Crippen LogP contribution in [0.15, 0.2) is 53.4 Å². The van der Waals surface area contributed by atoms with E-state index in [1.165, 1.54) is 27.8 Å². The van der Waals surface area contributed by atoms with Gasteiger partial charge >= 0.3 is 0 Å². The van der Waals surface area contributed by atoms with Crippen molar-refractivity contribution in [2.45, 2.75) is 38.0 Å². The summed E-state index contributed by atoms with van der Waals surface area (Å²) in [6.07, 6.45) is 2.53. The van der Waals surface area contributed by atoms with Gasteiger partial charge in [-0.2, -0.15) is 4.31 Å². The molecule has 1 heterocycles. The molecular weight excluding hydrogens is 468 g/mol. The third-order valence-electron chi connectivity index (χ3n) is 5.60. The number of carbonyl (C=O) groups is 1. The second-order valence-corrected chi connectivity index (χ2v) is 11.4. The van der Waals surface area contributed by atoms with Crippen molar-refractivity contribution in [3.63, 3.8) is 0 Å². The Morgan fingerprint density at radius 1 is 0.941 bits per heavy atom. The molecule has 0 aliphatic carbocycles. The van der Waals surface area contributed by atoms with Gasteiger partial charge in [0, 0.05) is 25.2 Å². The summed E-state index contributed by atoms with van der Waals surface area (Å²) < 4.78 is 28.6. The largest absolute Gasteiger partial charge is 0.309 e. The molecule has 0 unspecified atom stereocenters. The van der Waals surface area contributed by atoms with Gasteiger partial charge in [0.05, 0.1) is 15.1 Å².